The highest BCUT2D eigenvalue weighted by atomic mass is 16.5. The van der Waals surface area contributed by atoms with Gasteiger partial charge in [-0.15, -0.1) is 0 Å². The van der Waals surface area contributed by atoms with Crippen molar-refractivity contribution in [2.45, 2.75) is 38.1 Å². The van der Waals surface area contributed by atoms with Crippen molar-refractivity contribution in [1.29, 1.82) is 0 Å². The average molecular weight is 343 g/mol. The Balaban J connectivity index is 1.32. The summed E-state index contributed by atoms with van der Waals surface area (Å²) < 4.78 is 5.74. The van der Waals surface area contributed by atoms with Crippen LogP contribution < -0.4 is 10.1 Å². The maximum atomic E-state index is 12.5. The van der Waals surface area contributed by atoms with Crippen LogP contribution in [0.4, 0.5) is 4.79 Å². The number of ether oxygens (including phenoxy) is 1. The van der Waals surface area contributed by atoms with Gasteiger partial charge in [-0.25, -0.2) is 4.79 Å². The van der Waals surface area contributed by atoms with Gasteiger partial charge in [0.25, 0.3) is 5.91 Å². The predicted octanol–water partition coefficient (Wildman–Crippen LogP) is 1.57. The van der Waals surface area contributed by atoms with Crippen LogP contribution in [0.1, 0.15) is 30.4 Å². The molecule has 1 aromatic carbocycles. The molecule has 2 saturated heterocycles. The monoisotopic (exact) mass is 343 g/mol. The molecular formula is C19H25N3O3. The number of amides is 3. The average Bonchev–Trinajstić information content (AvgIpc) is 3.27. The van der Waals surface area contributed by atoms with Crippen molar-refractivity contribution in [3.8, 4) is 5.75 Å². The second kappa shape index (κ2) is 6.94. The fourth-order valence-electron chi connectivity index (χ4n) is 4.14. The van der Waals surface area contributed by atoms with E-state index in [2.05, 4.69) is 17.4 Å². The number of hydrogen-bond acceptors (Lipinski definition) is 3. The molecular weight excluding hydrogens is 318 g/mol. The third-order valence-electron chi connectivity index (χ3n) is 5.51. The Morgan fingerprint density at radius 3 is 2.92 bits per heavy atom. The van der Waals surface area contributed by atoms with Crippen molar-refractivity contribution < 1.29 is 14.3 Å². The van der Waals surface area contributed by atoms with Crippen LogP contribution >= 0.6 is 0 Å². The Bertz CT molecular complexity index is 676. The number of nitrogens with zero attached hydrogens (tertiary/aromatic N) is 2. The number of benzene rings is 1. The molecule has 1 aromatic rings. The summed E-state index contributed by atoms with van der Waals surface area (Å²) in [5.74, 6) is 0.784. The first-order valence-electron chi connectivity index (χ1n) is 9.27. The van der Waals surface area contributed by atoms with Gasteiger partial charge < -0.3 is 19.9 Å². The van der Waals surface area contributed by atoms with Crippen LogP contribution in [0.25, 0.3) is 0 Å². The Morgan fingerprint density at radius 1 is 1.20 bits per heavy atom. The van der Waals surface area contributed by atoms with Crippen LogP contribution in [0.5, 0.6) is 5.75 Å². The maximum absolute atomic E-state index is 12.5. The highest BCUT2D eigenvalue weighted by Crippen LogP contribution is 2.26. The number of likely N-dealkylation sites (tertiary alicyclic amines) is 1. The van der Waals surface area contributed by atoms with E-state index in [0.717, 1.165) is 44.5 Å². The van der Waals surface area contributed by atoms with E-state index >= 15 is 0 Å². The molecule has 0 radical (unpaired) electrons. The SMILES string of the molecule is O=C(COc1ccc2c(c1)CCC2)N1CCC[C@H](N2CCNC2=O)C1. The minimum atomic E-state index is -0.00584. The smallest absolute Gasteiger partial charge is 0.317 e. The van der Waals surface area contributed by atoms with Gasteiger partial charge in [-0.1, -0.05) is 6.07 Å². The maximum Gasteiger partial charge on any atom is 0.317 e. The molecule has 6 heteroatoms. The van der Waals surface area contributed by atoms with Crippen molar-refractivity contribution in [2.24, 2.45) is 0 Å². The zero-order valence-corrected chi connectivity index (χ0v) is 14.5. The normalized spacial score (nSPS) is 22.7. The van der Waals surface area contributed by atoms with Gasteiger partial charge in [0.2, 0.25) is 0 Å². The Kier molecular flexibility index (Phi) is 4.51. The van der Waals surface area contributed by atoms with Crippen LogP contribution in [-0.4, -0.2) is 60.6 Å². The number of hydrogen-bond donors (Lipinski definition) is 1. The summed E-state index contributed by atoms with van der Waals surface area (Å²) >= 11 is 0. The first kappa shape index (κ1) is 16.2. The second-order valence-corrected chi connectivity index (χ2v) is 7.13. The summed E-state index contributed by atoms with van der Waals surface area (Å²) in [5.41, 5.74) is 2.75. The number of aryl methyl sites for hydroxylation is 2. The third-order valence-corrected chi connectivity index (χ3v) is 5.51. The standard InChI is InChI=1S/C19H25N3O3/c23-18(13-25-17-7-6-14-3-1-4-15(14)11-17)21-9-2-5-16(12-21)22-10-8-20-19(22)24/h6-7,11,16H,1-5,8-10,12-13H2,(H,20,24)/t16-/m0/s1. The van der Waals surface area contributed by atoms with E-state index in [0.29, 0.717) is 13.1 Å². The molecule has 0 spiro atoms. The molecule has 6 nitrogen and oxygen atoms in total. The molecule has 134 valence electrons. The second-order valence-electron chi connectivity index (χ2n) is 7.13. The van der Waals surface area contributed by atoms with Gasteiger partial charge in [-0.3, -0.25) is 4.79 Å². The lowest BCUT2D eigenvalue weighted by Crippen LogP contribution is -2.51. The van der Waals surface area contributed by atoms with Gasteiger partial charge in [0.15, 0.2) is 6.61 Å². The first-order chi connectivity index (χ1) is 12.2. The fourth-order valence-corrected chi connectivity index (χ4v) is 4.14. The molecule has 25 heavy (non-hydrogen) atoms. The molecule has 2 aliphatic heterocycles. The summed E-state index contributed by atoms with van der Waals surface area (Å²) in [5, 5.41) is 2.84. The van der Waals surface area contributed by atoms with E-state index in [1.807, 2.05) is 15.9 Å². The fraction of sp³-hybridized carbons (Fsp3) is 0.579. The Labute approximate surface area is 148 Å². The summed E-state index contributed by atoms with van der Waals surface area (Å²) in [6.07, 6.45) is 5.35. The zero-order valence-electron chi connectivity index (χ0n) is 14.5. The van der Waals surface area contributed by atoms with Gasteiger partial charge in [-0.2, -0.15) is 0 Å². The summed E-state index contributed by atoms with van der Waals surface area (Å²) in [7, 11) is 0. The lowest BCUT2D eigenvalue weighted by Gasteiger charge is -2.37. The van der Waals surface area contributed by atoms with Crippen LogP contribution in [0.15, 0.2) is 18.2 Å². The summed E-state index contributed by atoms with van der Waals surface area (Å²) in [6, 6.07) is 6.27. The molecule has 3 aliphatic rings. The quantitative estimate of drug-likeness (QED) is 0.903. The first-order valence-corrected chi connectivity index (χ1v) is 9.27. The lowest BCUT2D eigenvalue weighted by atomic mass is 10.0. The van der Waals surface area contributed by atoms with Crippen LogP contribution in [0, 0.1) is 0 Å². The van der Waals surface area contributed by atoms with Gasteiger partial charge in [0.05, 0.1) is 6.04 Å². The van der Waals surface area contributed by atoms with Crippen molar-refractivity contribution in [3.05, 3.63) is 29.3 Å². The minimum Gasteiger partial charge on any atom is -0.484 e. The minimum absolute atomic E-state index is 0.00445. The van der Waals surface area contributed by atoms with E-state index in [9.17, 15) is 9.59 Å². The molecule has 3 amide bonds. The third kappa shape index (κ3) is 3.43. The van der Waals surface area contributed by atoms with Crippen LogP contribution in [-0.2, 0) is 17.6 Å². The molecule has 1 N–H and O–H groups in total. The highest BCUT2D eigenvalue weighted by molar-refractivity contribution is 5.79. The van der Waals surface area contributed by atoms with E-state index < -0.39 is 0 Å². The van der Waals surface area contributed by atoms with E-state index in [-0.39, 0.29) is 24.6 Å². The van der Waals surface area contributed by atoms with E-state index in [1.54, 1.807) is 0 Å². The van der Waals surface area contributed by atoms with Gasteiger partial charge in [0.1, 0.15) is 5.75 Å². The molecule has 1 aliphatic carbocycles. The number of fused-ring (bicyclic) bond motifs is 1. The van der Waals surface area contributed by atoms with Crippen LogP contribution in [0.3, 0.4) is 0 Å². The molecule has 2 heterocycles. The number of urea groups is 1. The predicted molar refractivity (Wildman–Crippen MR) is 93.7 cm³/mol. The Morgan fingerprint density at radius 2 is 2.08 bits per heavy atom. The highest BCUT2D eigenvalue weighted by Gasteiger charge is 2.32. The van der Waals surface area contributed by atoms with Crippen molar-refractivity contribution in [3.63, 3.8) is 0 Å². The number of nitrogens with one attached hydrogen (secondary N) is 1. The molecule has 0 saturated carbocycles. The molecule has 0 aromatic heterocycles. The van der Waals surface area contributed by atoms with Crippen LogP contribution in [0.2, 0.25) is 0 Å². The summed E-state index contributed by atoms with van der Waals surface area (Å²) in [6.45, 7) is 2.86. The molecule has 0 unspecified atom stereocenters. The number of rotatable bonds is 4. The molecule has 2 fully saturated rings. The number of carbonyl (C=O) groups excluding carboxylic acids is 2. The molecule has 1 atom stereocenters. The zero-order chi connectivity index (χ0) is 17.2. The van der Waals surface area contributed by atoms with Crippen molar-refractivity contribution >= 4 is 11.9 Å². The van der Waals surface area contributed by atoms with Crippen molar-refractivity contribution in [2.75, 3.05) is 32.8 Å². The number of piperidine rings is 1. The molecule has 0 bridgehead atoms. The lowest BCUT2D eigenvalue weighted by molar-refractivity contribution is -0.135. The van der Waals surface area contributed by atoms with Gasteiger partial charge in [0, 0.05) is 26.2 Å². The largest absolute Gasteiger partial charge is 0.484 e. The van der Waals surface area contributed by atoms with E-state index in [4.69, 9.17) is 4.74 Å². The van der Waals surface area contributed by atoms with Crippen molar-refractivity contribution in [1.82, 2.24) is 15.1 Å². The summed E-state index contributed by atoms with van der Waals surface area (Å²) in [4.78, 5) is 28.1. The Hall–Kier alpha value is -2.24. The van der Waals surface area contributed by atoms with E-state index in [1.165, 1.54) is 17.5 Å². The van der Waals surface area contributed by atoms with Gasteiger partial charge >= 0.3 is 6.03 Å². The topological polar surface area (TPSA) is 61.9 Å². The molecule has 4 rings (SSSR count). The number of carbonyl (C=O) groups is 2. The van der Waals surface area contributed by atoms with Gasteiger partial charge in [-0.05, 0) is 55.4 Å².